The van der Waals surface area contributed by atoms with Gasteiger partial charge in [0.1, 0.15) is 11.5 Å². The Hall–Kier alpha value is -4.08. The molecule has 2 amide bonds. The normalized spacial score (nSPS) is 10.0. The summed E-state index contributed by atoms with van der Waals surface area (Å²) in [6.45, 7) is 0.0223. The van der Waals surface area contributed by atoms with Gasteiger partial charge >= 0.3 is 11.9 Å². The van der Waals surface area contributed by atoms with Crippen molar-refractivity contribution in [3.05, 3.63) is 53.1 Å². The Balaban J connectivity index is 2.04. The van der Waals surface area contributed by atoms with Crippen LogP contribution in [0.15, 0.2) is 36.4 Å². The highest BCUT2D eigenvalue weighted by Crippen LogP contribution is 2.22. The first kappa shape index (κ1) is 24.2. The standard InChI is InChI=1S/C22H24N2O8/c1-29-15-9-14(10-16(12-15)30-2)20(26)23-8-7-19(25)24-18-11-13(21(27)31-3)5-6-17(18)22(28)32-4/h5-6,9-12H,7-8H2,1-4H3,(H,23,26)(H,24,25). The van der Waals surface area contributed by atoms with E-state index in [2.05, 4.69) is 15.4 Å². The lowest BCUT2D eigenvalue weighted by molar-refractivity contribution is -0.116. The minimum atomic E-state index is -0.683. The van der Waals surface area contributed by atoms with Crippen molar-refractivity contribution in [1.29, 1.82) is 0 Å². The van der Waals surface area contributed by atoms with Gasteiger partial charge in [0.2, 0.25) is 5.91 Å². The monoisotopic (exact) mass is 444 g/mol. The molecule has 0 saturated heterocycles. The molecular weight excluding hydrogens is 420 g/mol. The number of carbonyl (C=O) groups is 4. The lowest BCUT2D eigenvalue weighted by Gasteiger charge is -2.12. The van der Waals surface area contributed by atoms with Gasteiger partial charge in [-0.15, -0.1) is 0 Å². The zero-order valence-corrected chi connectivity index (χ0v) is 18.1. The number of anilines is 1. The number of hydrogen-bond donors (Lipinski definition) is 2. The van der Waals surface area contributed by atoms with Gasteiger partial charge in [-0.2, -0.15) is 0 Å². The number of hydrogen-bond acceptors (Lipinski definition) is 8. The third-order valence-electron chi connectivity index (χ3n) is 4.37. The minimum absolute atomic E-state index is 0.0223. The van der Waals surface area contributed by atoms with Crippen LogP contribution in [-0.2, 0) is 14.3 Å². The van der Waals surface area contributed by atoms with Crippen LogP contribution in [0.5, 0.6) is 11.5 Å². The average molecular weight is 444 g/mol. The molecule has 0 aliphatic rings. The smallest absolute Gasteiger partial charge is 0.339 e. The van der Waals surface area contributed by atoms with Gasteiger partial charge in [0, 0.05) is 24.6 Å². The maximum absolute atomic E-state index is 12.4. The van der Waals surface area contributed by atoms with Crippen molar-refractivity contribution in [2.24, 2.45) is 0 Å². The lowest BCUT2D eigenvalue weighted by atomic mass is 10.1. The molecule has 2 aromatic rings. The van der Waals surface area contributed by atoms with E-state index < -0.39 is 23.8 Å². The van der Waals surface area contributed by atoms with Crippen LogP contribution in [0.1, 0.15) is 37.5 Å². The molecule has 0 aromatic heterocycles. The first-order valence-electron chi connectivity index (χ1n) is 9.44. The number of carbonyl (C=O) groups excluding carboxylic acids is 4. The molecule has 0 spiro atoms. The van der Waals surface area contributed by atoms with Gasteiger partial charge in [0.25, 0.3) is 5.91 Å². The summed E-state index contributed by atoms with van der Waals surface area (Å²) in [5.41, 5.74) is 0.616. The quantitative estimate of drug-likeness (QED) is 0.562. The summed E-state index contributed by atoms with van der Waals surface area (Å²) in [4.78, 5) is 48.5. The maximum Gasteiger partial charge on any atom is 0.339 e. The Morgan fingerprint density at radius 2 is 1.41 bits per heavy atom. The number of rotatable bonds is 9. The van der Waals surface area contributed by atoms with Crippen molar-refractivity contribution >= 4 is 29.4 Å². The van der Waals surface area contributed by atoms with Crippen molar-refractivity contribution in [2.45, 2.75) is 6.42 Å². The summed E-state index contributed by atoms with van der Waals surface area (Å²) in [5, 5.41) is 5.19. The second-order valence-corrected chi connectivity index (χ2v) is 6.40. The molecule has 0 heterocycles. The highest BCUT2D eigenvalue weighted by molar-refractivity contribution is 6.03. The Morgan fingerprint density at radius 1 is 0.781 bits per heavy atom. The molecule has 170 valence electrons. The third kappa shape index (κ3) is 6.21. The van der Waals surface area contributed by atoms with E-state index in [4.69, 9.17) is 14.2 Å². The fourth-order valence-corrected chi connectivity index (χ4v) is 2.72. The molecule has 0 aliphatic carbocycles. The molecule has 0 saturated carbocycles. The topological polar surface area (TPSA) is 129 Å². The molecule has 0 fully saturated rings. The number of amides is 2. The van der Waals surface area contributed by atoms with E-state index >= 15 is 0 Å². The van der Waals surface area contributed by atoms with E-state index in [0.717, 1.165) is 0 Å². The molecule has 10 nitrogen and oxygen atoms in total. The van der Waals surface area contributed by atoms with Crippen molar-refractivity contribution in [3.63, 3.8) is 0 Å². The fourth-order valence-electron chi connectivity index (χ4n) is 2.72. The molecular formula is C22H24N2O8. The second kappa shape index (κ2) is 11.3. The van der Waals surface area contributed by atoms with Gasteiger partial charge in [0.05, 0.1) is 45.3 Å². The van der Waals surface area contributed by atoms with Crippen LogP contribution in [0.25, 0.3) is 0 Å². The summed E-state index contributed by atoms with van der Waals surface area (Å²) >= 11 is 0. The highest BCUT2D eigenvalue weighted by atomic mass is 16.5. The first-order chi connectivity index (χ1) is 15.3. The zero-order chi connectivity index (χ0) is 23.7. The van der Waals surface area contributed by atoms with Crippen LogP contribution in [0.4, 0.5) is 5.69 Å². The molecule has 2 N–H and O–H groups in total. The lowest BCUT2D eigenvalue weighted by Crippen LogP contribution is -2.28. The summed E-state index contributed by atoms with van der Waals surface area (Å²) in [5.74, 6) is -1.31. The second-order valence-electron chi connectivity index (χ2n) is 6.40. The van der Waals surface area contributed by atoms with E-state index in [9.17, 15) is 19.2 Å². The van der Waals surface area contributed by atoms with Gasteiger partial charge < -0.3 is 29.6 Å². The van der Waals surface area contributed by atoms with Gasteiger partial charge in [-0.3, -0.25) is 9.59 Å². The van der Waals surface area contributed by atoms with Crippen molar-refractivity contribution < 1.29 is 38.1 Å². The van der Waals surface area contributed by atoms with Crippen molar-refractivity contribution in [1.82, 2.24) is 5.32 Å². The number of benzene rings is 2. The van der Waals surface area contributed by atoms with Crippen molar-refractivity contribution in [3.8, 4) is 11.5 Å². The molecule has 10 heteroatoms. The van der Waals surface area contributed by atoms with E-state index in [-0.39, 0.29) is 29.8 Å². The van der Waals surface area contributed by atoms with Crippen LogP contribution >= 0.6 is 0 Å². The molecule has 2 rings (SSSR count). The van der Waals surface area contributed by atoms with E-state index in [1.165, 1.54) is 46.6 Å². The van der Waals surface area contributed by atoms with E-state index in [1.807, 2.05) is 0 Å². The molecule has 2 aromatic carbocycles. The summed E-state index contributed by atoms with van der Waals surface area (Å²) < 4.78 is 19.6. The summed E-state index contributed by atoms with van der Waals surface area (Å²) in [6, 6.07) is 8.77. The molecule has 32 heavy (non-hydrogen) atoms. The minimum Gasteiger partial charge on any atom is -0.497 e. The average Bonchev–Trinajstić information content (AvgIpc) is 2.82. The number of nitrogens with one attached hydrogen (secondary N) is 2. The third-order valence-corrected chi connectivity index (χ3v) is 4.37. The Kier molecular flexibility index (Phi) is 8.58. The largest absolute Gasteiger partial charge is 0.497 e. The van der Waals surface area contributed by atoms with Gasteiger partial charge in [-0.1, -0.05) is 0 Å². The van der Waals surface area contributed by atoms with E-state index in [1.54, 1.807) is 18.2 Å². The predicted octanol–water partition coefficient (Wildman–Crippen LogP) is 2.04. The highest BCUT2D eigenvalue weighted by Gasteiger charge is 2.17. The molecule has 0 bridgehead atoms. The van der Waals surface area contributed by atoms with Crippen LogP contribution in [0, 0.1) is 0 Å². The Bertz CT molecular complexity index is 997. The number of methoxy groups -OCH3 is 4. The fraction of sp³-hybridized carbons (Fsp3) is 0.273. The SMILES string of the molecule is COC(=O)c1ccc(C(=O)OC)c(NC(=O)CCNC(=O)c2cc(OC)cc(OC)c2)c1. The van der Waals surface area contributed by atoms with Crippen molar-refractivity contribution in [2.75, 3.05) is 40.3 Å². The summed E-state index contributed by atoms with van der Waals surface area (Å²) in [6.07, 6.45) is -0.0874. The Labute approximate surface area is 184 Å². The van der Waals surface area contributed by atoms with Crippen LogP contribution in [0.2, 0.25) is 0 Å². The van der Waals surface area contributed by atoms with Crippen LogP contribution in [-0.4, -0.2) is 58.7 Å². The molecule has 0 aliphatic heterocycles. The number of esters is 2. The van der Waals surface area contributed by atoms with Crippen LogP contribution in [0.3, 0.4) is 0 Å². The first-order valence-corrected chi connectivity index (χ1v) is 9.44. The predicted molar refractivity (Wildman–Crippen MR) is 114 cm³/mol. The number of ether oxygens (including phenoxy) is 4. The van der Waals surface area contributed by atoms with Crippen LogP contribution < -0.4 is 20.1 Å². The van der Waals surface area contributed by atoms with Gasteiger partial charge in [0.15, 0.2) is 0 Å². The van der Waals surface area contributed by atoms with Gasteiger partial charge in [-0.05, 0) is 30.3 Å². The maximum atomic E-state index is 12.4. The zero-order valence-electron chi connectivity index (χ0n) is 18.1. The molecule has 0 atom stereocenters. The van der Waals surface area contributed by atoms with E-state index in [0.29, 0.717) is 17.1 Å². The molecule has 0 radical (unpaired) electrons. The molecule has 0 unspecified atom stereocenters. The summed E-state index contributed by atoms with van der Waals surface area (Å²) in [7, 11) is 5.36. The Morgan fingerprint density at radius 3 is 1.97 bits per heavy atom. The van der Waals surface area contributed by atoms with Gasteiger partial charge in [-0.25, -0.2) is 9.59 Å².